The summed E-state index contributed by atoms with van der Waals surface area (Å²) in [7, 11) is 1.54. The number of nitrogens with zero attached hydrogens (tertiary/aromatic N) is 1. The average molecular weight is 398 g/mol. The van der Waals surface area contributed by atoms with E-state index in [-0.39, 0.29) is 18.4 Å². The van der Waals surface area contributed by atoms with Crippen molar-refractivity contribution in [3.63, 3.8) is 0 Å². The Morgan fingerprint density at radius 1 is 1.21 bits per heavy atom. The second kappa shape index (κ2) is 8.43. The molecule has 0 atom stereocenters. The fraction of sp³-hybridized carbons (Fsp3) is 0.364. The van der Waals surface area contributed by atoms with E-state index in [0.717, 1.165) is 0 Å². The molecule has 0 fully saturated rings. The van der Waals surface area contributed by atoms with E-state index in [1.54, 1.807) is 48.4 Å². The van der Waals surface area contributed by atoms with Gasteiger partial charge in [-0.1, -0.05) is 12.1 Å². The Balaban J connectivity index is 1.73. The molecule has 0 saturated carbocycles. The van der Waals surface area contributed by atoms with E-state index in [4.69, 9.17) is 14.2 Å². The van der Waals surface area contributed by atoms with Gasteiger partial charge in [0.25, 0.3) is 5.91 Å². The van der Waals surface area contributed by atoms with Crippen LogP contribution in [0.2, 0.25) is 0 Å². The maximum Gasteiger partial charge on any atom is 0.262 e. The lowest BCUT2D eigenvalue weighted by Crippen LogP contribution is -2.42. The van der Waals surface area contributed by atoms with E-state index in [0.29, 0.717) is 41.8 Å². The number of nitrogens with one attached hydrogen (secondary N) is 1. The molecule has 0 spiro atoms. The topological polar surface area (TPSA) is 77.1 Å². The summed E-state index contributed by atoms with van der Waals surface area (Å²) >= 11 is 0. The monoisotopic (exact) mass is 398 g/mol. The quantitative estimate of drug-likeness (QED) is 0.806. The number of hydrogen-bond donors (Lipinski definition) is 1. The summed E-state index contributed by atoms with van der Waals surface area (Å²) in [6.07, 6.45) is 0. The van der Waals surface area contributed by atoms with Crippen LogP contribution >= 0.6 is 0 Å². The summed E-state index contributed by atoms with van der Waals surface area (Å²) in [5, 5.41) is 2.80. The number of methoxy groups -OCH3 is 1. The average Bonchev–Trinajstić information content (AvgIpc) is 2.81. The molecule has 154 valence electrons. The van der Waals surface area contributed by atoms with Gasteiger partial charge >= 0.3 is 0 Å². The summed E-state index contributed by atoms with van der Waals surface area (Å²) in [6.45, 7) is 6.27. The predicted molar refractivity (Wildman–Crippen MR) is 111 cm³/mol. The highest BCUT2D eigenvalue weighted by molar-refractivity contribution is 6.00. The Morgan fingerprint density at radius 2 is 1.93 bits per heavy atom. The van der Waals surface area contributed by atoms with E-state index in [2.05, 4.69) is 5.32 Å². The van der Waals surface area contributed by atoms with Crippen LogP contribution in [0.1, 0.15) is 20.8 Å². The Morgan fingerprint density at radius 3 is 2.62 bits per heavy atom. The van der Waals surface area contributed by atoms with Crippen LogP contribution in [-0.4, -0.2) is 38.7 Å². The maximum atomic E-state index is 12.8. The van der Waals surface area contributed by atoms with Crippen LogP contribution in [0.25, 0.3) is 0 Å². The molecule has 0 aromatic heterocycles. The van der Waals surface area contributed by atoms with E-state index in [9.17, 15) is 9.59 Å². The van der Waals surface area contributed by atoms with Gasteiger partial charge in [0.05, 0.1) is 18.2 Å². The Hall–Kier alpha value is -3.22. The maximum absolute atomic E-state index is 12.8. The number of carbonyl (C=O) groups is 2. The number of amides is 2. The third-order valence-corrected chi connectivity index (χ3v) is 4.69. The van der Waals surface area contributed by atoms with Crippen LogP contribution in [0, 0.1) is 5.41 Å². The lowest BCUT2D eigenvalue weighted by Gasteiger charge is -2.27. The molecular weight excluding hydrogens is 372 g/mol. The van der Waals surface area contributed by atoms with Crippen molar-refractivity contribution in [3.05, 3.63) is 42.5 Å². The Labute approximate surface area is 170 Å². The highest BCUT2D eigenvalue weighted by Crippen LogP contribution is 2.38. The number of benzene rings is 2. The van der Waals surface area contributed by atoms with Gasteiger partial charge in [-0.05, 0) is 51.1 Å². The van der Waals surface area contributed by atoms with Gasteiger partial charge in [0.1, 0.15) is 12.4 Å². The first kappa shape index (κ1) is 20.5. The van der Waals surface area contributed by atoms with Gasteiger partial charge in [0.2, 0.25) is 5.91 Å². The number of para-hydroxylation sites is 2. The van der Waals surface area contributed by atoms with Gasteiger partial charge in [-0.2, -0.15) is 0 Å². The van der Waals surface area contributed by atoms with Crippen molar-refractivity contribution in [1.29, 1.82) is 0 Å². The molecule has 2 aromatic rings. The minimum absolute atomic E-state index is 0.0123. The highest BCUT2D eigenvalue weighted by atomic mass is 16.5. The van der Waals surface area contributed by atoms with Gasteiger partial charge in [0.15, 0.2) is 18.1 Å². The molecule has 0 saturated heterocycles. The molecule has 1 N–H and O–H groups in total. The van der Waals surface area contributed by atoms with Crippen molar-refractivity contribution in [2.75, 3.05) is 37.1 Å². The lowest BCUT2D eigenvalue weighted by atomic mass is 9.93. The van der Waals surface area contributed by atoms with E-state index in [1.807, 2.05) is 26.8 Å². The molecule has 0 aliphatic carbocycles. The zero-order valence-electron chi connectivity index (χ0n) is 17.2. The SMILES string of the molecule is CCN1C(=O)C(C)(C)COc2ccc(NC(=O)COc3ccccc3OC)cc21. The van der Waals surface area contributed by atoms with Crippen LogP contribution in [0.4, 0.5) is 11.4 Å². The molecule has 2 aromatic carbocycles. The number of ether oxygens (including phenoxy) is 3. The van der Waals surface area contributed by atoms with Gasteiger partial charge in [-0.15, -0.1) is 0 Å². The van der Waals surface area contributed by atoms with Crippen LogP contribution < -0.4 is 24.4 Å². The molecule has 1 aliphatic rings. The first-order valence-corrected chi connectivity index (χ1v) is 9.50. The zero-order valence-corrected chi connectivity index (χ0v) is 17.2. The third-order valence-electron chi connectivity index (χ3n) is 4.69. The summed E-state index contributed by atoms with van der Waals surface area (Å²) in [4.78, 5) is 26.9. The van der Waals surface area contributed by atoms with Crippen LogP contribution in [0.15, 0.2) is 42.5 Å². The molecule has 2 amide bonds. The molecule has 1 aliphatic heterocycles. The standard InChI is InChI=1S/C22H26N2O5/c1-5-24-16-12-15(10-11-17(16)29-14-22(2,3)21(24)26)23-20(25)13-28-19-9-7-6-8-18(19)27-4/h6-12H,5,13-14H2,1-4H3,(H,23,25). The Kier molecular flexibility index (Phi) is 5.96. The number of anilines is 2. The van der Waals surface area contributed by atoms with Crippen LogP contribution in [-0.2, 0) is 9.59 Å². The second-order valence-corrected chi connectivity index (χ2v) is 7.39. The van der Waals surface area contributed by atoms with E-state index in [1.165, 1.54) is 0 Å². The number of carbonyl (C=O) groups excluding carboxylic acids is 2. The van der Waals surface area contributed by atoms with Gasteiger partial charge in [0, 0.05) is 12.2 Å². The second-order valence-electron chi connectivity index (χ2n) is 7.39. The van der Waals surface area contributed by atoms with Crippen LogP contribution in [0.5, 0.6) is 17.2 Å². The molecule has 3 rings (SSSR count). The van der Waals surface area contributed by atoms with Crippen molar-refractivity contribution in [3.8, 4) is 17.2 Å². The zero-order chi connectivity index (χ0) is 21.0. The number of rotatable bonds is 6. The molecule has 0 radical (unpaired) electrons. The number of hydrogen-bond acceptors (Lipinski definition) is 5. The first-order chi connectivity index (χ1) is 13.9. The first-order valence-electron chi connectivity index (χ1n) is 9.50. The molecular formula is C22H26N2O5. The van der Waals surface area contributed by atoms with Crippen molar-refractivity contribution in [2.45, 2.75) is 20.8 Å². The molecule has 0 unspecified atom stereocenters. The van der Waals surface area contributed by atoms with Gasteiger partial charge in [-0.3, -0.25) is 9.59 Å². The number of fused-ring (bicyclic) bond motifs is 1. The van der Waals surface area contributed by atoms with Crippen molar-refractivity contribution in [2.24, 2.45) is 5.41 Å². The summed E-state index contributed by atoms with van der Waals surface area (Å²) in [5.74, 6) is 1.34. The highest BCUT2D eigenvalue weighted by Gasteiger charge is 2.37. The molecule has 1 heterocycles. The summed E-state index contributed by atoms with van der Waals surface area (Å²) in [5.41, 5.74) is 0.583. The van der Waals surface area contributed by atoms with E-state index < -0.39 is 5.41 Å². The van der Waals surface area contributed by atoms with Crippen molar-refractivity contribution < 1.29 is 23.8 Å². The lowest BCUT2D eigenvalue weighted by molar-refractivity contribution is -0.127. The summed E-state index contributed by atoms with van der Waals surface area (Å²) in [6, 6.07) is 12.4. The summed E-state index contributed by atoms with van der Waals surface area (Å²) < 4.78 is 16.6. The molecule has 7 heteroatoms. The van der Waals surface area contributed by atoms with Crippen molar-refractivity contribution in [1.82, 2.24) is 0 Å². The predicted octanol–water partition coefficient (Wildman–Crippen LogP) is 3.48. The third kappa shape index (κ3) is 4.45. The molecule has 0 bridgehead atoms. The minimum atomic E-state index is -0.624. The molecule has 7 nitrogen and oxygen atoms in total. The molecule has 29 heavy (non-hydrogen) atoms. The fourth-order valence-corrected chi connectivity index (χ4v) is 3.12. The smallest absolute Gasteiger partial charge is 0.262 e. The van der Waals surface area contributed by atoms with Gasteiger partial charge in [-0.25, -0.2) is 0 Å². The Bertz CT molecular complexity index is 910. The largest absolute Gasteiger partial charge is 0.493 e. The van der Waals surface area contributed by atoms with Crippen LogP contribution in [0.3, 0.4) is 0 Å². The fourth-order valence-electron chi connectivity index (χ4n) is 3.12. The normalized spacial score (nSPS) is 15.0. The minimum Gasteiger partial charge on any atom is -0.493 e. The van der Waals surface area contributed by atoms with E-state index >= 15 is 0 Å². The van der Waals surface area contributed by atoms with Gasteiger partial charge < -0.3 is 24.4 Å². The van der Waals surface area contributed by atoms with Crippen molar-refractivity contribution >= 4 is 23.2 Å².